The molecule has 10 heavy (non-hydrogen) atoms. The zero-order valence-electron chi connectivity index (χ0n) is 5.73. The summed E-state index contributed by atoms with van der Waals surface area (Å²) >= 11 is 0. The summed E-state index contributed by atoms with van der Waals surface area (Å²) in [6.45, 7) is 1.99. The van der Waals surface area contributed by atoms with Gasteiger partial charge in [0.15, 0.2) is 6.04 Å². The molecule has 0 saturated heterocycles. The molecule has 50 valence electrons. The van der Waals surface area contributed by atoms with E-state index in [-0.39, 0.29) is 0 Å². The van der Waals surface area contributed by atoms with Crippen molar-refractivity contribution in [2.75, 3.05) is 0 Å². The fourth-order valence-electron chi connectivity index (χ4n) is 1.04. The van der Waals surface area contributed by atoms with Crippen LogP contribution in [0.2, 0.25) is 0 Å². The van der Waals surface area contributed by atoms with Gasteiger partial charge in [-0.25, -0.2) is 4.58 Å². The maximum Gasteiger partial charge on any atom is 0.226 e. The van der Waals surface area contributed by atoms with Gasteiger partial charge in [-0.1, -0.05) is 0 Å². The molecule has 3 heteroatoms. The summed E-state index contributed by atoms with van der Waals surface area (Å²) in [6.07, 6.45) is 7.55. The Labute approximate surface area is 59.1 Å². The summed E-state index contributed by atoms with van der Waals surface area (Å²) in [5.41, 5.74) is 1.06. The Morgan fingerprint density at radius 1 is 1.60 bits per heavy atom. The van der Waals surface area contributed by atoms with E-state index in [2.05, 4.69) is 16.1 Å². The third-order valence-corrected chi connectivity index (χ3v) is 1.59. The van der Waals surface area contributed by atoms with Crippen LogP contribution in [0.1, 0.15) is 6.92 Å². The van der Waals surface area contributed by atoms with Gasteiger partial charge in [0.1, 0.15) is 11.9 Å². The van der Waals surface area contributed by atoms with Gasteiger partial charge in [-0.3, -0.25) is 0 Å². The minimum Gasteiger partial charge on any atom is -0.227 e. The van der Waals surface area contributed by atoms with Crippen molar-refractivity contribution in [1.29, 1.82) is 0 Å². The summed E-state index contributed by atoms with van der Waals surface area (Å²) in [6, 6.07) is 0.317. The molecular weight excluding hydrogens is 126 g/mol. The van der Waals surface area contributed by atoms with Crippen molar-refractivity contribution in [3.05, 3.63) is 11.8 Å². The van der Waals surface area contributed by atoms with E-state index in [0.29, 0.717) is 6.04 Å². The quantitative estimate of drug-likeness (QED) is 0.430. The molecule has 0 aromatic carbocycles. The van der Waals surface area contributed by atoms with Gasteiger partial charge in [0.25, 0.3) is 0 Å². The molecular formula is C7H8N3+. The normalized spacial score (nSPS) is 27.9. The van der Waals surface area contributed by atoms with Crippen LogP contribution < -0.4 is 0 Å². The van der Waals surface area contributed by atoms with E-state index in [1.165, 1.54) is 0 Å². The Morgan fingerprint density at radius 2 is 2.50 bits per heavy atom. The number of fused-ring (bicyclic) bond motifs is 1. The molecule has 0 aromatic rings. The fourth-order valence-corrected chi connectivity index (χ4v) is 1.04. The van der Waals surface area contributed by atoms with Crippen molar-refractivity contribution in [1.82, 2.24) is 0 Å². The van der Waals surface area contributed by atoms with Gasteiger partial charge >= 0.3 is 0 Å². The molecule has 1 unspecified atom stereocenters. The summed E-state index contributed by atoms with van der Waals surface area (Å²) in [5.74, 6) is 0. The summed E-state index contributed by atoms with van der Waals surface area (Å²) in [4.78, 5) is 8.13. The average Bonchev–Trinajstić information content (AvgIpc) is 2.33. The SMILES string of the molecule is CC1=CC2C=NC=[N+]2C=N1. The molecule has 0 aromatic heterocycles. The molecule has 0 bridgehead atoms. The van der Waals surface area contributed by atoms with E-state index in [1.54, 1.807) is 12.7 Å². The molecule has 0 amide bonds. The predicted octanol–water partition coefficient (Wildman–Crippen LogP) is 0.426. The molecule has 0 radical (unpaired) electrons. The van der Waals surface area contributed by atoms with Crippen molar-refractivity contribution in [2.24, 2.45) is 9.98 Å². The molecule has 0 saturated carbocycles. The first-order valence-electron chi connectivity index (χ1n) is 3.23. The summed E-state index contributed by atoms with van der Waals surface area (Å²) in [5, 5.41) is 0. The van der Waals surface area contributed by atoms with Crippen LogP contribution in [0.3, 0.4) is 0 Å². The minimum absolute atomic E-state index is 0.317. The fraction of sp³-hybridized carbons (Fsp3) is 0.286. The van der Waals surface area contributed by atoms with Gasteiger partial charge in [-0.05, 0) is 13.0 Å². The smallest absolute Gasteiger partial charge is 0.226 e. The van der Waals surface area contributed by atoms with Crippen LogP contribution in [0.5, 0.6) is 0 Å². The first-order chi connectivity index (χ1) is 4.86. The number of hydrogen-bond donors (Lipinski definition) is 0. The second-order valence-corrected chi connectivity index (χ2v) is 2.40. The second-order valence-electron chi connectivity index (χ2n) is 2.40. The van der Waals surface area contributed by atoms with Gasteiger partial charge in [-0.15, -0.1) is 9.98 Å². The molecule has 0 spiro atoms. The highest BCUT2D eigenvalue weighted by molar-refractivity contribution is 5.82. The lowest BCUT2D eigenvalue weighted by Gasteiger charge is -2.04. The first-order valence-corrected chi connectivity index (χ1v) is 3.23. The molecule has 0 fully saturated rings. The van der Waals surface area contributed by atoms with E-state index in [4.69, 9.17) is 0 Å². The first kappa shape index (κ1) is 5.53. The van der Waals surface area contributed by atoms with Gasteiger partial charge in [0.05, 0.1) is 0 Å². The van der Waals surface area contributed by atoms with Gasteiger partial charge < -0.3 is 0 Å². The highest BCUT2D eigenvalue weighted by Crippen LogP contribution is 2.06. The van der Waals surface area contributed by atoms with Crippen LogP contribution in [0, 0.1) is 0 Å². The maximum atomic E-state index is 4.12. The van der Waals surface area contributed by atoms with Gasteiger partial charge in [-0.2, -0.15) is 0 Å². The molecule has 2 aliphatic rings. The minimum atomic E-state index is 0.317. The van der Waals surface area contributed by atoms with Crippen LogP contribution in [0.15, 0.2) is 21.8 Å². The van der Waals surface area contributed by atoms with E-state index >= 15 is 0 Å². The Hall–Kier alpha value is -1.25. The predicted molar refractivity (Wildman–Crippen MR) is 40.9 cm³/mol. The lowest BCUT2D eigenvalue weighted by molar-refractivity contribution is -0.401. The third kappa shape index (κ3) is 0.708. The van der Waals surface area contributed by atoms with E-state index in [9.17, 15) is 0 Å². The second kappa shape index (κ2) is 1.87. The van der Waals surface area contributed by atoms with Crippen LogP contribution in [0.25, 0.3) is 0 Å². The number of allylic oxidation sites excluding steroid dienone is 1. The Balaban J connectivity index is 2.39. The van der Waals surface area contributed by atoms with Crippen LogP contribution >= 0.6 is 0 Å². The lowest BCUT2D eigenvalue weighted by Crippen LogP contribution is -2.23. The monoisotopic (exact) mass is 134 g/mol. The van der Waals surface area contributed by atoms with Crippen molar-refractivity contribution < 1.29 is 4.58 Å². The highest BCUT2D eigenvalue weighted by atomic mass is 15.2. The van der Waals surface area contributed by atoms with Crippen LogP contribution in [0.4, 0.5) is 0 Å². The third-order valence-electron chi connectivity index (χ3n) is 1.59. The standard InChI is InChI=1S/C7H8N3/c1-6-2-7-3-8-4-10(7)5-9-6/h2-5,7H,1H3/q+1. The number of nitrogens with zero attached hydrogens (tertiary/aromatic N) is 3. The van der Waals surface area contributed by atoms with Crippen molar-refractivity contribution in [2.45, 2.75) is 13.0 Å². The van der Waals surface area contributed by atoms with Crippen LogP contribution in [-0.4, -0.2) is 29.5 Å². The molecule has 3 nitrogen and oxygen atoms in total. The van der Waals surface area contributed by atoms with Crippen molar-refractivity contribution in [3.8, 4) is 0 Å². The molecule has 1 atom stereocenters. The molecule has 0 aliphatic carbocycles. The van der Waals surface area contributed by atoms with Gasteiger partial charge in [0, 0.05) is 0 Å². The van der Waals surface area contributed by atoms with E-state index in [0.717, 1.165) is 5.70 Å². The maximum absolute atomic E-state index is 4.12. The number of aliphatic imine (C=N–C) groups is 2. The molecule has 0 N–H and O–H groups in total. The topological polar surface area (TPSA) is 27.7 Å². The number of rotatable bonds is 0. The molecule has 2 heterocycles. The largest absolute Gasteiger partial charge is 0.227 e. The number of hydrogen-bond acceptors (Lipinski definition) is 2. The summed E-state index contributed by atoms with van der Waals surface area (Å²) < 4.78 is 1.97. The van der Waals surface area contributed by atoms with E-state index < -0.39 is 0 Å². The average molecular weight is 134 g/mol. The molecule has 2 rings (SSSR count). The summed E-state index contributed by atoms with van der Waals surface area (Å²) in [7, 11) is 0. The highest BCUT2D eigenvalue weighted by Gasteiger charge is 2.19. The van der Waals surface area contributed by atoms with Crippen molar-refractivity contribution in [3.63, 3.8) is 0 Å². The van der Waals surface area contributed by atoms with Gasteiger partial charge in [0.2, 0.25) is 12.7 Å². The zero-order valence-corrected chi connectivity index (χ0v) is 5.73. The molecule has 2 aliphatic heterocycles. The lowest BCUT2D eigenvalue weighted by atomic mass is 10.2. The zero-order chi connectivity index (χ0) is 6.97. The Morgan fingerprint density at radius 3 is 3.40 bits per heavy atom. The van der Waals surface area contributed by atoms with Crippen LogP contribution in [-0.2, 0) is 0 Å². The Bertz CT molecular complexity index is 271. The van der Waals surface area contributed by atoms with E-state index in [1.807, 2.05) is 17.7 Å². The Kier molecular flexibility index (Phi) is 1.03. The van der Waals surface area contributed by atoms with Crippen molar-refractivity contribution >= 4 is 18.9 Å².